The first-order valence-corrected chi connectivity index (χ1v) is 8.03. The van der Waals surface area contributed by atoms with Crippen molar-refractivity contribution in [2.45, 2.75) is 58.1 Å². The lowest BCUT2D eigenvalue weighted by atomic mass is 9.72. The van der Waals surface area contributed by atoms with Crippen molar-refractivity contribution >= 4 is 0 Å². The Bertz CT molecular complexity index is 282. The van der Waals surface area contributed by atoms with Gasteiger partial charge in [0.05, 0.1) is 5.60 Å². The van der Waals surface area contributed by atoms with Crippen molar-refractivity contribution in [2.24, 2.45) is 17.8 Å². The van der Waals surface area contributed by atoms with E-state index in [0.717, 1.165) is 43.7 Å². The van der Waals surface area contributed by atoms with E-state index in [1.54, 1.807) is 0 Å². The number of likely N-dealkylation sites (tertiary alicyclic amines) is 1. The van der Waals surface area contributed by atoms with Gasteiger partial charge in [-0.05, 0) is 57.4 Å². The minimum absolute atomic E-state index is 0.425. The van der Waals surface area contributed by atoms with E-state index in [1.807, 2.05) is 6.92 Å². The zero-order valence-corrected chi connectivity index (χ0v) is 13.2. The first kappa shape index (κ1) is 15.3. The molecule has 2 fully saturated rings. The molecule has 0 aromatic carbocycles. The van der Waals surface area contributed by atoms with Gasteiger partial charge in [0, 0.05) is 25.7 Å². The second kappa shape index (κ2) is 6.11. The number of nitrogens with one attached hydrogen (secondary N) is 1. The van der Waals surface area contributed by atoms with Crippen LogP contribution in [0.4, 0.5) is 0 Å². The summed E-state index contributed by atoms with van der Waals surface area (Å²) in [6.07, 6.45) is 4.54. The van der Waals surface area contributed by atoms with Gasteiger partial charge in [0.25, 0.3) is 0 Å². The number of hydrogen-bond donors (Lipinski definition) is 2. The molecule has 4 atom stereocenters. The predicted octanol–water partition coefficient (Wildman–Crippen LogP) is 2.10. The summed E-state index contributed by atoms with van der Waals surface area (Å²) < 4.78 is 0. The second-order valence-electron chi connectivity index (χ2n) is 7.41. The summed E-state index contributed by atoms with van der Waals surface area (Å²) in [7, 11) is 2.11. The van der Waals surface area contributed by atoms with Crippen LogP contribution in [0.15, 0.2) is 0 Å². The van der Waals surface area contributed by atoms with Crippen LogP contribution >= 0.6 is 0 Å². The van der Waals surface area contributed by atoms with Crippen LogP contribution in [-0.4, -0.2) is 48.3 Å². The largest absolute Gasteiger partial charge is 0.390 e. The molecule has 19 heavy (non-hydrogen) atoms. The first-order valence-electron chi connectivity index (χ1n) is 8.03. The van der Waals surface area contributed by atoms with Crippen molar-refractivity contribution in [2.75, 3.05) is 26.7 Å². The summed E-state index contributed by atoms with van der Waals surface area (Å²) in [5.41, 5.74) is -0.425. The fourth-order valence-corrected chi connectivity index (χ4v) is 4.07. The van der Waals surface area contributed by atoms with Gasteiger partial charge in [0.2, 0.25) is 0 Å². The van der Waals surface area contributed by atoms with Crippen LogP contribution in [0.3, 0.4) is 0 Å². The molecule has 112 valence electrons. The summed E-state index contributed by atoms with van der Waals surface area (Å²) in [6, 6.07) is 0.668. The standard InChI is InChI=1S/C16H32N2O/c1-12-9-13(2)14(15(10-12)17-4)11-18-7-5-16(3,19)6-8-18/h12-15,17,19H,5-11H2,1-4H3. The van der Waals surface area contributed by atoms with Crippen molar-refractivity contribution < 1.29 is 5.11 Å². The summed E-state index contributed by atoms with van der Waals surface area (Å²) in [6.45, 7) is 10.1. The predicted molar refractivity (Wildman–Crippen MR) is 80.2 cm³/mol. The SMILES string of the molecule is CNC1CC(C)CC(C)C1CN1CCC(C)(O)CC1. The molecule has 0 spiro atoms. The maximum absolute atomic E-state index is 10.0. The number of hydrogen-bond acceptors (Lipinski definition) is 3. The molecule has 0 aromatic heterocycles. The van der Waals surface area contributed by atoms with E-state index in [0.29, 0.717) is 6.04 Å². The Morgan fingerprint density at radius 3 is 2.42 bits per heavy atom. The molecule has 0 radical (unpaired) electrons. The number of aliphatic hydroxyl groups is 1. The minimum Gasteiger partial charge on any atom is -0.390 e. The Labute approximate surface area is 118 Å². The lowest BCUT2D eigenvalue weighted by Gasteiger charge is -2.44. The van der Waals surface area contributed by atoms with Crippen molar-refractivity contribution in [3.05, 3.63) is 0 Å². The van der Waals surface area contributed by atoms with Gasteiger partial charge >= 0.3 is 0 Å². The van der Waals surface area contributed by atoms with E-state index in [-0.39, 0.29) is 0 Å². The lowest BCUT2D eigenvalue weighted by Crippen LogP contribution is -2.51. The number of piperidine rings is 1. The van der Waals surface area contributed by atoms with Gasteiger partial charge in [-0.1, -0.05) is 13.8 Å². The molecule has 0 amide bonds. The average Bonchev–Trinajstić information content (AvgIpc) is 2.34. The number of nitrogens with zero attached hydrogens (tertiary/aromatic N) is 1. The van der Waals surface area contributed by atoms with Crippen LogP contribution < -0.4 is 5.32 Å². The topological polar surface area (TPSA) is 35.5 Å². The summed E-state index contributed by atoms with van der Waals surface area (Å²) in [5, 5.41) is 13.6. The maximum Gasteiger partial charge on any atom is 0.0644 e. The average molecular weight is 268 g/mol. The Kier molecular flexibility index (Phi) is 4.91. The molecule has 1 aliphatic carbocycles. The minimum atomic E-state index is -0.425. The Morgan fingerprint density at radius 2 is 1.84 bits per heavy atom. The van der Waals surface area contributed by atoms with E-state index in [1.165, 1.54) is 19.4 Å². The fraction of sp³-hybridized carbons (Fsp3) is 1.00. The van der Waals surface area contributed by atoms with Crippen molar-refractivity contribution in [3.8, 4) is 0 Å². The van der Waals surface area contributed by atoms with Gasteiger partial charge in [-0.25, -0.2) is 0 Å². The molecule has 0 aromatic rings. The highest BCUT2D eigenvalue weighted by Gasteiger charge is 2.35. The van der Waals surface area contributed by atoms with E-state index in [9.17, 15) is 5.11 Å². The summed E-state index contributed by atoms with van der Waals surface area (Å²) >= 11 is 0. The Balaban J connectivity index is 1.90. The van der Waals surface area contributed by atoms with Gasteiger partial charge in [-0.15, -0.1) is 0 Å². The zero-order valence-electron chi connectivity index (χ0n) is 13.2. The molecule has 3 nitrogen and oxygen atoms in total. The van der Waals surface area contributed by atoms with Crippen LogP contribution in [0.1, 0.15) is 46.5 Å². The highest BCUT2D eigenvalue weighted by molar-refractivity contribution is 4.90. The molecule has 0 bridgehead atoms. The van der Waals surface area contributed by atoms with E-state index in [2.05, 4.69) is 31.1 Å². The van der Waals surface area contributed by atoms with Crippen LogP contribution in [0.25, 0.3) is 0 Å². The van der Waals surface area contributed by atoms with Gasteiger partial charge in [-0.2, -0.15) is 0 Å². The molecule has 2 aliphatic rings. The number of rotatable bonds is 3. The van der Waals surface area contributed by atoms with Crippen LogP contribution in [0, 0.1) is 17.8 Å². The second-order valence-corrected chi connectivity index (χ2v) is 7.41. The van der Waals surface area contributed by atoms with Gasteiger partial charge in [0.1, 0.15) is 0 Å². The summed E-state index contributed by atoms with van der Waals surface area (Å²) in [4.78, 5) is 2.57. The van der Waals surface area contributed by atoms with Crippen LogP contribution in [0.2, 0.25) is 0 Å². The maximum atomic E-state index is 10.0. The molecular formula is C16H32N2O. The van der Waals surface area contributed by atoms with E-state index >= 15 is 0 Å². The molecule has 1 aliphatic heterocycles. The zero-order chi connectivity index (χ0) is 14.0. The normalized spacial score (nSPS) is 40.3. The Hall–Kier alpha value is -0.120. The molecular weight excluding hydrogens is 236 g/mol. The molecule has 3 heteroatoms. The lowest BCUT2D eigenvalue weighted by molar-refractivity contribution is -0.0156. The van der Waals surface area contributed by atoms with E-state index < -0.39 is 5.60 Å². The molecule has 1 saturated heterocycles. The van der Waals surface area contributed by atoms with Crippen molar-refractivity contribution in [3.63, 3.8) is 0 Å². The van der Waals surface area contributed by atoms with Crippen molar-refractivity contribution in [1.82, 2.24) is 10.2 Å². The smallest absolute Gasteiger partial charge is 0.0644 e. The molecule has 4 unspecified atom stereocenters. The van der Waals surface area contributed by atoms with Gasteiger partial charge in [0.15, 0.2) is 0 Å². The highest BCUT2D eigenvalue weighted by Crippen LogP contribution is 2.35. The quantitative estimate of drug-likeness (QED) is 0.823. The van der Waals surface area contributed by atoms with Crippen molar-refractivity contribution in [1.29, 1.82) is 0 Å². The third-order valence-corrected chi connectivity index (χ3v) is 5.45. The molecule has 2 N–H and O–H groups in total. The molecule has 2 rings (SSSR count). The third-order valence-electron chi connectivity index (χ3n) is 5.45. The van der Waals surface area contributed by atoms with E-state index in [4.69, 9.17) is 0 Å². The fourth-order valence-electron chi connectivity index (χ4n) is 4.07. The first-order chi connectivity index (χ1) is 8.91. The van der Waals surface area contributed by atoms with Crippen LogP contribution in [0.5, 0.6) is 0 Å². The Morgan fingerprint density at radius 1 is 1.21 bits per heavy atom. The monoisotopic (exact) mass is 268 g/mol. The summed E-state index contributed by atoms with van der Waals surface area (Å²) in [5.74, 6) is 2.43. The van der Waals surface area contributed by atoms with Gasteiger partial charge < -0.3 is 15.3 Å². The van der Waals surface area contributed by atoms with Crippen LogP contribution in [-0.2, 0) is 0 Å². The molecule has 1 saturated carbocycles. The molecule has 1 heterocycles. The third kappa shape index (κ3) is 3.93. The van der Waals surface area contributed by atoms with Gasteiger partial charge in [-0.3, -0.25) is 0 Å². The highest BCUT2D eigenvalue weighted by atomic mass is 16.3.